The molecule has 2 amide bonds. The van der Waals surface area contributed by atoms with E-state index in [4.69, 9.17) is 4.74 Å². The minimum atomic E-state index is -0.0645. The zero-order valence-corrected chi connectivity index (χ0v) is 16.6. The van der Waals surface area contributed by atoms with Crippen molar-refractivity contribution in [3.05, 3.63) is 60.7 Å². The fraction of sp³-hybridized carbons (Fsp3) is 0.286. The van der Waals surface area contributed by atoms with Gasteiger partial charge in [-0.15, -0.1) is 0 Å². The van der Waals surface area contributed by atoms with Gasteiger partial charge in [0.2, 0.25) is 0 Å². The Morgan fingerprint density at radius 2 is 1.83 bits per heavy atom. The van der Waals surface area contributed by atoms with E-state index in [1.807, 2.05) is 54.3 Å². The van der Waals surface area contributed by atoms with Crippen LogP contribution in [-0.4, -0.2) is 59.0 Å². The van der Waals surface area contributed by atoms with E-state index in [0.29, 0.717) is 18.9 Å². The van der Waals surface area contributed by atoms with Gasteiger partial charge in [0, 0.05) is 43.6 Å². The number of aromatic nitrogens is 3. The summed E-state index contributed by atoms with van der Waals surface area (Å²) in [6.07, 6.45) is 1.68. The molecule has 1 saturated heterocycles. The van der Waals surface area contributed by atoms with Crippen LogP contribution in [0.5, 0.6) is 5.75 Å². The lowest BCUT2D eigenvalue weighted by molar-refractivity contribution is 0.208. The number of ether oxygens (including phenoxy) is 1. The van der Waals surface area contributed by atoms with Crippen LogP contribution in [0.2, 0.25) is 0 Å². The molecule has 0 bridgehead atoms. The highest BCUT2D eigenvalue weighted by molar-refractivity contribution is 5.89. The monoisotopic (exact) mass is 392 g/mol. The summed E-state index contributed by atoms with van der Waals surface area (Å²) in [7, 11) is 1.65. The molecule has 29 heavy (non-hydrogen) atoms. The minimum absolute atomic E-state index is 0.0645. The number of methoxy groups -OCH3 is 1. The van der Waals surface area contributed by atoms with Crippen molar-refractivity contribution in [3.8, 4) is 11.4 Å². The third kappa shape index (κ3) is 4.16. The molecule has 2 heterocycles. The van der Waals surface area contributed by atoms with Crippen molar-refractivity contribution in [1.29, 1.82) is 0 Å². The predicted octanol–water partition coefficient (Wildman–Crippen LogP) is 2.94. The Kier molecular flexibility index (Phi) is 5.33. The van der Waals surface area contributed by atoms with Gasteiger partial charge in [0.25, 0.3) is 0 Å². The quantitative estimate of drug-likeness (QED) is 0.739. The first-order chi connectivity index (χ1) is 14.1. The minimum Gasteiger partial charge on any atom is -0.494 e. The number of urea groups is 1. The highest BCUT2D eigenvalue weighted by Crippen LogP contribution is 2.29. The number of aryl methyl sites for hydroxylation is 1. The maximum Gasteiger partial charge on any atom is 0.321 e. The third-order valence-corrected chi connectivity index (χ3v) is 4.97. The van der Waals surface area contributed by atoms with Crippen molar-refractivity contribution < 1.29 is 9.53 Å². The molecule has 0 aliphatic carbocycles. The van der Waals surface area contributed by atoms with E-state index in [9.17, 15) is 4.79 Å². The van der Waals surface area contributed by atoms with Crippen LogP contribution in [0.3, 0.4) is 0 Å². The summed E-state index contributed by atoms with van der Waals surface area (Å²) in [4.78, 5) is 20.7. The molecular formula is C21H24N6O2. The molecule has 0 atom stereocenters. The Morgan fingerprint density at radius 1 is 1.07 bits per heavy atom. The van der Waals surface area contributed by atoms with Crippen LogP contribution in [0.25, 0.3) is 5.69 Å². The molecule has 1 aliphatic heterocycles. The predicted molar refractivity (Wildman–Crippen MR) is 112 cm³/mol. The van der Waals surface area contributed by atoms with Crippen LogP contribution >= 0.6 is 0 Å². The second kappa shape index (κ2) is 8.22. The number of benzene rings is 2. The first kappa shape index (κ1) is 18.8. The van der Waals surface area contributed by atoms with Gasteiger partial charge in [-0.05, 0) is 31.2 Å². The molecule has 8 heteroatoms. The summed E-state index contributed by atoms with van der Waals surface area (Å²) in [5.41, 5.74) is 2.71. The molecule has 4 rings (SSSR count). The Hall–Kier alpha value is -3.55. The number of anilines is 2. The van der Waals surface area contributed by atoms with Gasteiger partial charge in [0.15, 0.2) is 0 Å². The van der Waals surface area contributed by atoms with Crippen molar-refractivity contribution in [1.82, 2.24) is 19.7 Å². The van der Waals surface area contributed by atoms with Gasteiger partial charge in [-0.2, -0.15) is 5.10 Å². The molecule has 1 aromatic heterocycles. The number of carbonyl (C=O) groups excluding carboxylic acids is 1. The molecule has 0 radical (unpaired) electrons. The Bertz CT molecular complexity index is 980. The van der Waals surface area contributed by atoms with E-state index in [2.05, 4.69) is 26.4 Å². The maximum absolute atomic E-state index is 12.5. The Labute approximate surface area is 169 Å². The van der Waals surface area contributed by atoms with Crippen LogP contribution in [0.15, 0.2) is 54.9 Å². The Morgan fingerprint density at radius 3 is 2.48 bits per heavy atom. The number of piperazine rings is 1. The molecule has 2 aromatic carbocycles. The number of para-hydroxylation sites is 1. The molecular weight excluding hydrogens is 368 g/mol. The summed E-state index contributed by atoms with van der Waals surface area (Å²) >= 11 is 0. The molecule has 0 saturated carbocycles. The SMILES string of the molecule is COc1cc(N2CCN(C(=O)Nc3ccccc3)CC2)ccc1-n1cnc(C)n1. The Balaban J connectivity index is 1.41. The molecule has 1 N–H and O–H groups in total. The lowest BCUT2D eigenvalue weighted by atomic mass is 10.2. The van der Waals surface area contributed by atoms with Gasteiger partial charge in [-0.3, -0.25) is 0 Å². The first-order valence-corrected chi connectivity index (χ1v) is 9.56. The first-order valence-electron chi connectivity index (χ1n) is 9.56. The fourth-order valence-electron chi connectivity index (χ4n) is 3.41. The molecule has 1 aliphatic rings. The molecule has 3 aromatic rings. The van der Waals surface area contributed by atoms with E-state index >= 15 is 0 Å². The molecule has 8 nitrogen and oxygen atoms in total. The standard InChI is InChI=1S/C21H24N6O2/c1-16-22-15-27(24-16)19-9-8-18(14-20(19)29-2)25-10-12-26(13-11-25)21(28)23-17-6-4-3-5-7-17/h3-9,14-15H,10-13H2,1-2H3,(H,23,28). The van der Waals surface area contributed by atoms with Gasteiger partial charge in [0.1, 0.15) is 23.6 Å². The van der Waals surface area contributed by atoms with Gasteiger partial charge < -0.3 is 19.9 Å². The van der Waals surface area contributed by atoms with E-state index in [1.165, 1.54) is 0 Å². The fourth-order valence-corrected chi connectivity index (χ4v) is 3.41. The average Bonchev–Trinajstić information content (AvgIpc) is 3.20. The van der Waals surface area contributed by atoms with Gasteiger partial charge in [-0.25, -0.2) is 14.5 Å². The molecule has 0 spiro atoms. The average molecular weight is 392 g/mol. The van der Waals surface area contributed by atoms with Crippen LogP contribution in [0.4, 0.5) is 16.2 Å². The van der Waals surface area contributed by atoms with Crippen LogP contribution in [0.1, 0.15) is 5.82 Å². The summed E-state index contributed by atoms with van der Waals surface area (Å²) in [5, 5.41) is 7.30. The number of hydrogen-bond donors (Lipinski definition) is 1. The number of nitrogens with zero attached hydrogens (tertiary/aromatic N) is 5. The smallest absolute Gasteiger partial charge is 0.321 e. The summed E-state index contributed by atoms with van der Waals surface area (Å²) in [6, 6.07) is 15.5. The third-order valence-electron chi connectivity index (χ3n) is 4.97. The normalized spacial score (nSPS) is 14.0. The van der Waals surface area contributed by atoms with Crippen molar-refractivity contribution >= 4 is 17.4 Å². The second-order valence-corrected chi connectivity index (χ2v) is 6.86. The second-order valence-electron chi connectivity index (χ2n) is 6.86. The van der Waals surface area contributed by atoms with Gasteiger partial charge >= 0.3 is 6.03 Å². The highest BCUT2D eigenvalue weighted by Gasteiger charge is 2.22. The summed E-state index contributed by atoms with van der Waals surface area (Å²) in [6.45, 7) is 4.68. The number of rotatable bonds is 4. The van der Waals surface area contributed by atoms with Crippen LogP contribution < -0.4 is 15.0 Å². The van der Waals surface area contributed by atoms with Crippen LogP contribution in [-0.2, 0) is 0 Å². The number of amides is 2. The number of nitrogens with one attached hydrogen (secondary N) is 1. The topological polar surface area (TPSA) is 75.5 Å². The highest BCUT2D eigenvalue weighted by atomic mass is 16.5. The van der Waals surface area contributed by atoms with E-state index in [-0.39, 0.29) is 6.03 Å². The zero-order valence-electron chi connectivity index (χ0n) is 16.6. The van der Waals surface area contributed by atoms with E-state index in [0.717, 1.165) is 35.9 Å². The lowest BCUT2D eigenvalue weighted by Gasteiger charge is -2.36. The van der Waals surface area contributed by atoms with Crippen molar-refractivity contribution in [3.63, 3.8) is 0 Å². The van der Waals surface area contributed by atoms with E-state index in [1.54, 1.807) is 18.1 Å². The number of hydrogen-bond acceptors (Lipinski definition) is 5. The van der Waals surface area contributed by atoms with E-state index < -0.39 is 0 Å². The zero-order chi connectivity index (χ0) is 20.2. The lowest BCUT2D eigenvalue weighted by Crippen LogP contribution is -2.50. The molecule has 0 unspecified atom stereocenters. The maximum atomic E-state index is 12.5. The largest absolute Gasteiger partial charge is 0.494 e. The van der Waals surface area contributed by atoms with Crippen LogP contribution in [0, 0.1) is 6.92 Å². The van der Waals surface area contributed by atoms with Gasteiger partial charge in [-0.1, -0.05) is 18.2 Å². The van der Waals surface area contributed by atoms with Crippen molar-refractivity contribution in [2.24, 2.45) is 0 Å². The van der Waals surface area contributed by atoms with Crippen molar-refractivity contribution in [2.45, 2.75) is 6.92 Å². The van der Waals surface area contributed by atoms with Crippen molar-refractivity contribution in [2.75, 3.05) is 43.5 Å². The molecule has 150 valence electrons. The summed E-state index contributed by atoms with van der Waals surface area (Å²) < 4.78 is 7.29. The molecule has 1 fully saturated rings. The van der Waals surface area contributed by atoms with Gasteiger partial charge in [0.05, 0.1) is 7.11 Å². The summed E-state index contributed by atoms with van der Waals surface area (Å²) in [5.74, 6) is 1.44. The number of carbonyl (C=O) groups is 1.